The fourth-order valence-corrected chi connectivity index (χ4v) is 2.73. The molecule has 0 aliphatic carbocycles. The fourth-order valence-electron chi connectivity index (χ4n) is 2.73. The minimum atomic E-state index is -0.407. The lowest BCUT2D eigenvalue weighted by Crippen LogP contribution is -2.03. The van der Waals surface area contributed by atoms with Gasteiger partial charge in [0.25, 0.3) is 5.69 Å². The Balaban J connectivity index is 2.18. The van der Waals surface area contributed by atoms with Crippen LogP contribution in [0.4, 0.5) is 15.8 Å². The van der Waals surface area contributed by atoms with Gasteiger partial charge in [-0.15, -0.1) is 0 Å². The van der Waals surface area contributed by atoms with Crippen LogP contribution in [0.2, 0.25) is 0 Å². The third-order valence-corrected chi connectivity index (χ3v) is 3.88. The molecule has 3 aromatic carbocycles. The average molecular weight is 322 g/mol. The van der Waals surface area contributed by atoms with Crippen molar-refractivity contribution in [3.63, 3.8) is 0 Å². The highest BCUT2D eigenvalue weighted by molar-refractivity contribution is 5.81. The topological polar surface area (TPSA) is 69.2 Å². The van der Waals surface area contributed by atoms with Gasteiger partial charge in [0.15, 0.2) is 0 Å². The molecule has 0 aliphatic heterocycles. The molecule has 0 amide bonds. The third-order valence-electron chi connectivity index (χ3n) is 3.88. The third kappa shape index (κ3) is 3.10. The number of nitrogen functional groups attached to an aromatic ring is 1. The summed E-state index contributed by atoms with van der Waals surface area (Å²) >= 11 is 0. The van der Waals surface area contributed by atoms with Crippen molar-refractivity contribution in [2.24, 2.45) is 0 Å². The molecule has 0 radical (unpaired) electrons. The standard InChI is InChI=1S/C19H15FN2O2/c20-15-8-6-13(7-9-15)12-16-17(21)10-11-18(22(23)24)19(16)14-4-2-1-3-5-14/h1-11H,12,21H2. The molecule has 120 valence electrons. The van der Waals surface area contributed by atoms with E-state index in [-0.39, 0.29) is 11.5 Å². The van der Waals surface area contributed by atoms with Crippen LogP contribution in [0.3, 0.4) is 0 Å². The molecule has 4 nitrogen and oxygen atoms in total. The van der Waals surface area contributed by atoms with Gasteiger partial charge in [0.2, 0.25) is 0 Å². The maximum Gasteiger partial charge on any atom is 0.277 e. The summed E-state index contributed by atoms with van der Waals surface area (Å²) in [7, 11) is 0. The van der Waals surface area contributed by atoms with Gasteiger partial charge in [-0.25, -0.2) is 4.39 Å². The lowest BCUT2D eigenvalue weighted by Gasteiger charge is -2.13. The fraction of sp³-hybridized carbons (Fsp3) is 0.0526. The molecule has 0 aliphatic rings. The van der Waals surface area contributed by atoms with Crippen molar-refractivity contribution in [1.29, 1.82) is 0 Å². The van der Waals surface area contributed by atoms with Crippen LogP contribution in [-0.4, -0.2) is 4.92 Å². The van der Waals surface area contributed by atoms with E-state index in [4.69, 9.17) is 5.73 Å². The van der Waals surface area contributed by atoms with Crippen LogP contribution in [0, 0.1) is 15.9 Å². The van der Waals surface area contributed by atoms with Gasteiger partial charge in [0.1, 0.15) is 5.82 Å². The number of benzene rings is 3. The van der Waals surface area contributed by atoms with Crippen LogP contribution in [0.1, 0.15) is 11.1 Å². The highest BCUT2D eigenvalue weighted by atomic mass is 19.1. The summed E-state index contributed by atoms with van der Waals surface area (Å²) in [5.41, 5.74) is 9.33. The van der Waals surface area contributed by atoms with E-state index >= 15 is 0 Å². The van der Waals surface area contributed by atoms with Crippen molar-refractivity contribution in [2.75, 3.05) is 5.73 Å². The van der Waals surface area contributed by atoms with E-state index < -0.39 is 4.92 Å². The van der Waals surface area contributed by atoms with Gasteiger partial charge in [-0.05, 0) is 34.9 Å². The molecule has 2 N–H and O–H groups in total. The van der Waals surface area contributed by atoms with E-state index in [0.717, 1.165) is 11.1 Å². The zero-order valence-corrected chi connectivity index (χ0v) is 12.8. The van der Waals surface area contributed by atoms with Gasteiger partial charge in [-0.2, -0.15) is 0 Å². The normalized spacial score (nSPS) is 10.5. The number of halogens is 1. The quantitative estimate of drug-likeness (QED) is 0.434. The summed E-state index contributed by atoms with van der Waals surface area (Å²) in [6.07, 6.45) is 0.387. The van der Waals surface area contributed by atoms with Gasteiger partial charge >= 0.3 is 0 Å². The minimum absolute atomic E-state index is 0.00696. The molecule has 5 heteroatoms. The maximum atomic E-state index is 13.1. The Morgan fingerprint density at radius 1 is 0.958 bits per heavy atom. The molecule has 0 fully saturated rings. The van der Waals surface area contributed by atoms with Crippen LogP contribution >= 0.6 is 0 Å². The molecule has 0 saturated carbocycles. The van der Waals surface area contributed by atoms with Crippen LogP contribution in [0.15, 0.2) is 66.7 Å². The first-order valence-electron chi connectivity index (χ1n) is 7.42. The van der Waals surface area contributed by atoms with Crippen LogP contribution < -0.4 is 5.73 Å². The number of hydrogen-bond acceptors (Lipinski definition) is 3. The number of hydrogen-bond donors (Lipinski definition) is 1. The Morgan fingerprint density at radius 3 is 2.25 bits per heavy atom. The van der Waals surface area contributed by atoms with Gasteiger partial charge in [-0.1, -0.05) is 42.5 Å². The van der Waals surface area contributed by atoms with E-state index in [1.165, 1.54) is 18.2 Å². The van der Waals surface area contributed by atoms with E-state index in [1.54, 1.807) is 18.2 Å². The Kier molecular flexibility index (Phi) is 4.24. The lowest BCUT2D eigenvalue weighted by atomic mass is 9.92. The highest BCUT2D eigenvalue weighted by Gasteiger charge is 2.21. The zero-order chi connectivity index (χ0) is 17.1. The smallest absolute Gasteiger partial charge is 0.277 e. The number of rotatable bonds is 4. The molecule has 0 atom stereocenters. The minimum Gasteiger partial charge on any atom is -0.398 e. The molecule has 0 spiro atoms. The molecule has 0 heterocycles. The molecule has 24 heavy (non-hydrogen) atoms. The van der Waals surface area contributed by atoms with E-state index in [0.29, 0.717) is 23.2 Å². The molecule has 0 saturated heterocycles. The number of nitro groups is 1. The van der Waals surface area contributed by atoms with Gasteiger partial charge < -0.3 is 5.73 Å². The summed E-state index contributed by atoms with van der Waals surface area (Å²) in [6, 6.07) is 18.1. The molecular formula is C19H15FN2O2. The van der Waals surface area contributed by atoms with Crippen molar-refractivity contribution >= 4 is 11.4 Å². The molecule has 0 unspecified atom stereocenters. The highest BCUT2D eigenvalue weighted by Crippen LogP contribution is 2.37. The predicted octanol–water partition coefficient (Wildman–Crippen LogP) is 4.57. The van der Waals surface area contributed by atoms with Gasteiger partial charge in [-0.3, -0.25) is 10.1 Å². The molecule has 0 aromatic heterocycles. The number of nitro benzene ring substituents is 1. The van der Waals surface area contributed by atoms with E-state index in [1.807, 2.05) is 30.3 Å². The summed E-state index contributed by atoms with van der Waals surface area (Å²) in [6.45, 7) is 0. The zero-order valence-electron chi connectivity index (χ0n) is 12.8. The molecular weight excluding hydrogens is 307 g/mol. The summed E-state index contributed by atoms with van der Waals surface area (Å²) in [5.74, 6) is -0.325. The van der Waals surface area contributed by atoms with Gasteiger partial charge in [0, 0.05) is 18.2 Å². The van der Waals surface area contributed by atoms with E-state index in [2.05, 4.69) is 0 Å². The average Bonchev–Trinajstić information content (AvgIpc) is 2.59. The largest absolute Gasteiger partial charge is 0.398 e. The predicted molar refractivity (Wildman–Crippen MR) is 92.2 cm³/mol. The Labute approximate surface area is 138 Å². The monoisotopic (exact) mass is 322 g/mol. The van der Waals surface area contributed by atoms with Gasteiger partial charge in [0.05, 0.1) is 10.5 Å². The SMILES string of the molecule is Nc1ccc([N+](=O)[O-])c(-c2ccccc2)c1Cc1ccc(F)cc1. The molecule has 3 rings (SSSR count). The first-order chi connectivity index (χ1) is 11.6. The number of nitrogens with two attached hydrogens (primary N) is 1. The Bertz CT molecular complexity index is 878. The number of nitrogens with zero attached hydrogens (tertiary/aromatic N) is 1. The van der Waals surface area contributed by atoms with Crippen molar-refractivity contribution < 1.29 is 9.31 Å². The van der Waals surface area contributed by atoms with Crippen molar-refractivity contribution in [3.8, 4) is 11.1 Å². The van der Waals surface area contributed by atoms with Crippen LogP contribution in [-0.2, 0) is 6.42 Å². The summed E-state index contributed by atoms with van der Waals surface area (Å²) < 4.78 is 13.1. The number of anilines is 1. The summed E-state index contributed by atoms with van der Waals surface area (Å²) in [4.78, 5) is 11.1. The van der Waals surface area contributed by atoms with E-state index in [9.17, 15) is 14.5 Å². The second-order valence-corrected chi connectivity index (χ2v) is 5.45. The molecule has 0 bridgehead atoms. The lowest BCUT2D eigenvalue weighted by molar-refractivity contribution is -0.384. The summed E-state index contributed by atoms with van der Waals surface area (Å²) in [5, 5.41) is 11.5. The van der Waals surface area contributed by atoms with Crippen LogP contribution in [0.25, 0.3) is 11.1 Å². The first kappa shape index (κ1) is 15.7. The second kappa shape index (κ2) is 6.50. The van der Waals surface area contributed by atoms with Crippen molar-refractivity contribution in [3.05, 3.63) is 93.8 Å². The first-order valence-corrected chi connectivity index (χ1v) is 7.42. The molecule has 3 aromatic rings. The van der Waals surface area contributed by atoms with Crippen molar-refractivity contribution in [2.45, 2.75) is 6.42 Å². The van der Waals surface area contributed by atoms with Crippen LogP contribution in [0.5, 0.6) is 0 Å². The van der Waals surface area contributed by atoms with Crippen molar-refractivity contribution in [1.82, 2.24) is 0 Å². The second-order valence-electron chi connectivity index (χ2n) is 5.45. The Hall–Kier alpha value is -3.21. The Morgan fingerprint density at radius 2 is 1.62 bits per heavy atom. The maximum absolute atomic E-state index is 13.1.